The molecule has 1 N–H and O–H groups in total. The minimum absolute atomic E-state index is 0.398. The van der Waals surface area contributed by atoms with Crippen molar-refractivity contribution < 1.29 is 13.7 Å². The predicted molar refractivity (Wildman–Crippen MR) is 89.9 cm³/mol. The highest BCUT2D eigenvalue weighted by atomic mass is 32.1. The Morgan fingerprint density at radius 2 is 2.39 bits per heavy atom. The maximum absolute atomic E-state index is 5.59. The van der Waals surface area contributed by atoms with Gasteiger partial charge in [0.15, 0.2) is 12.4 Å². The van der Waals surface area contributed by atoms with Crippen LogP contribution in [-0.4, -0.2) is 16.3 Å². The lowest BCUT2D eigenvalue weighted by Gasteiger charge is -2.31. The standard InChI is InChI=1S/C16H17N3O2S2/c1-2-12-11-6-9-23-14(11)5-7-18(12)10-19-16(22)21-15(17-19)13-4-3-8-20-13/h3-4,6,8-9,12H,2,5,7,10H2,1H3/p+1/t12-/m1/s1. The van der Waals surface area contributed by atoms with Crippen LogP contribution in [0.2, 0.25) is 0 Å². The number of hydrogen-bond acceptors (Lipinski definition) is 5. The van der Waals surface area contributed by atoms with E-state index in [9.17, 15) is 0 Å². The Hall–Kier alpha value is -1.70. The number of fused-ring (bicyclic) bond motifs is 1. The normalized spacial score (nSPS) is 20.6. The van der Waals surface area contributed by atoms with Crippen LogP contribution in [0, 0.1) is 4.84 Å². The van der Waals surface area contributed by atoms with E-state index >= 15 is 0 Å². The molecule has 2 atom stereocenters. The fourth-order valence-electron chi connectivity index (χ4n) is 3.33. The molecule has 0 radical (unpaired) electrons. The van der Waals surface area contributed by atoms with Gasteiger partial charge in [-0.1, -0.05) is 6.92 Å². The van der Waals surface area contributed by atoms with Crippen LogP contribution in [-0.2, 0) is 13.1 Å². The average molecular weight is 348 g/mol. The summed E-state index contributed by atoms with van der Waals surface area (Å²) in [6.45, 7) is 4.06. The molecule has 5 nitrogen and oxygen atoms in total. The first-order valence-corrected chi connectivity index (χ1v) is 9.07. The molecule has 0 saturated heterocycles. The molecule has 4 heterocycles. The molecule has 0 spiro atoms. The van der Waals surface area contributed by atoms with Crippen LogP contribution in [0.3, 0.4) is 0 Å². The van der Waals surface area contributed by atoms with Gasteiger partial charge in [0.2, 0.25) is 0 Å². The maximum Gasteiger partial charge on any atom is 0.292 e. The SMILES string of the molecule is CC[C@@H]1c2ccsc2CC[NH+]1Cn1nc(-c2ccco2)oc1=S. The first kappa shape index (κ1) is 14.9. The highest BCUT2D eigenvalue weighted by Gasteiger charge is 2.31. The Morgan fingerprint density at radius 3 is 3.17 bits per heavy atom. The Morgan fingerprint density at radius 1 is 1.48 bits per heavy atom. The van der Waals surface area contributed by atoms with Gasteiger partial charge in [0.25, 0.3) is 10.7 Å². The largest absolute Gasteiger partial charge is 0.459 e. The number of hydrogen-bond donors (Lipinski definition) is 1. The summed E-state index contributed by atoms with van der Waals surface area (Å²) in [5.41, 5.74) is 1.49. The molecular formula is C16H18N3O2S2+. The molecule has 4 rings (SSSR count). The topological polar surface area (TPSA) is 48.5 Å². The lowest BCUT2D eigenvalue weighted by molar-refractivity contribution is -0.956. The molecule has 1 aliphatic heterocycles. The van der Waals surface area contributed by atoms with E-state index in [2.05, 4.69) is 23.5 Å². The van der Waals surface area contributed by atoms with Crippen molar-refractivity contribution in [2.75, 3.05) is 6.54 Å². The minimum atomic E-state index is 0.398. The first-order chi connectivity index (χ1) is 11.3. The van der Waals surface area contributed by atoms with Gasteiger partial charge in [0, 0.05) is 23.3 Å². The van der Waals surface area contributed by atoms with Crippen LogP contribution in [0.5, 0.6) is 0 Å². The van der Waals surface area contributed by atoms with Crippen LogP contribution in [0.15, 0.2) is 38.7 Å². The molecule has 7 heteroatoms. The van der Waals surface area contributed by atoms with Gasteiger partial charge in [-0.3, -0.25) is 0 Å². The first-order valence-electron chi connectivity index (χ1n) is 7.79. The lowest BCUT2D eigenvalue weighted by Crippen LogP contribution is -3.12. The minimum Gasteiger partial charge on any atom is -0.459 e. The molecule has 1 unspecified atom stereocenters. The number of furan rings is 1. The molecule has 0 fully saturated rings. The van der Waals surface area contributed by atoms with E-state index in [1.54, 1.807) is 10.9 Å². The van der Waals surface area contributed by atoms with Crippen molar-refractivity contribution in [3.63, 3.8) is 0 Å². The summed E-state index contributed by atoms with van der Waals surface area (Å²) < 4.78 is 12.7. The van der Waals surface area contributed by atoms with Crippen molar-refractivity contribution in [3.8, 4) is 11.7 Å². The molecule has 120 valence electrons. The summed E-state index contributed by atoms with van der Waals surface area (Å²) in [6.07, 6.45) is 3.83. The zero-order valence-corrected chi connectivity index (χ0v) is 14.5. The number of aromatic nitrogens is 2. The van der Waals surface area contributed by atoms with Crippen molar-refractivity contribution in [3.05, 3.63) is 45.1 Å². The van der Waals surface area contributed by atoms with Gasteiger partial charge >= 0.3 is 0 Å². The maximum atomic E-state index is 5.59. The van der Waals surface area contributed by atoms with Crippen LogP contribution < -0.4 is 4.90 Å². The smallest absolute Gasteiger partial charge is 0.292 e. The van der Waals surface area contributed by atoms with Gasteiger partial charge in [0.1, 0.15) is 6.04 Å². The number of nitrogens with zero attached hydrogens (tertiary/aromatic N) is 2. The number of thiophene rings is 1. The van der Waals surface area contributed by atoms with Gasteiger partial charge in [-0.15, -0.1) is 16.4 Å². The third kappa shape index (κ3) is 2.69. The monoisotopic (exact) mass is 348 g/mol. The molecule has 3 aromatic heterocycles. The Labute approximate surface area is 143 Å². The van der Waals surface area contributed by atoms with E-state index in [1.807, 2.05) is 23.5 Å². The quantitative estimate of drug-likeness (QED) is 0.736. The van der Waals surface area contributed by atoms with Gasteiger partial charge in [-0.2, -0.15) is 4.68 Å². The molecule has 0 amide bonds. The summed E-state index contributed by atoms with van der Waals surface area (Å²) in [7, 11) is 0. The molecule has 23 heavy (non-hydrogen) atoms. The summed E-state index contributed by atoms with van der Waals surface area (Å²) >= 11 is 7.20. The van der Waals surface area contributed by atoms with E-state index < -0.39 is 0 Å². The molecular weight excluding hydrogens is 330 g/mol. The molecule has 0 aliphatic carbocycles. The van der Waals surface area contributed by atoms with Crippen molar-refractivity contribution >= 4 is 23.6 Å². The van der Waals surface area contributed by atoms with Crippen molar-refractivity contribution in [1.29, 1.82) is 0 Å². The zero-order chi connectivity index (χ0) is 15.8. The highest BCUT2D eigenvalue weighted by Crippen LogP contribution is 2.27. The zero-order valence-electron chi connectivity index (χ0n) is 12.8. The second kappa shape index (κ2) is 6.07. The van der Waals surface area contributed by atoms with Gasteiger partial charge in [-0.25, -0.2) is 0 Å². The van der Waals surface area contributed by atoms with Gasteiger partial charge < -0.3 is 13.7 Å². The third-order valence-corrected chi connectivity index (χ3v) is 5.71. The number of quaternary nitrogens is 1. The van der Waals surface area contributed by atoms with E-state index in [0.29, 0.717) is 22.5 Å². The second-order valence-corrected chi connectivity index (χ2v) is 7.08. The highest BCUT2D eigenvalue weighted by molar-refractivity contribution is 7.71. The molecule has 0 aromatic carbocycles. The van der Waals surface area contributed by atoms with Crippen LogP contribution in [0.1, 0.15) is 29.8 Å². The lowest BCUT2D eigenvalue weighted by atomic mass is 9.98. The average Bonchev–Trinajstić information content (AvgIpc) is 3.27. The van der Waals surface area contributed by atoms with Crippen LogP contribution in [0.25, 0.3) is 11.7 Å². The van der Waals surface area contributed by atoms with Crippen molar-refractivity contribution in [2.24, 2.45) is 0 Å². The molecule has 1 aliphatic rings. The van der Waals surface area contributed by atoms with E-state index in [1.165, 1.54) is 15.3 Å². The predicted octanol–water partition coefficient (Wildman–Crippen LogP) is 3.08. The fraction of sp³-hybridized carbons (Fsp3) is 0.375. The van der Waals surface area contributed by atoms with Crippen LogP contribution >= 0.6 is 23.6 Å². The third-order valence-electron chi connectivity index (χ3n) is 4.42. The van der Waals surface area contributed by atoms with E-state index in [4.69, 9.17) is 21.1 Å². The summed E-state index contributed by atoms with van der Waals surface area (Å²) in [5.74, 6) is 1.05. The molecule has 3 aromatic rings. The van der Waals surface area contributed by atoms with Crippen molar-refractivity contribution in [1.82, 2.24) is 9.78 Å². The van der Waals surface area contributed by atoms with Gasteiger partial charge in [0.05, 0.1) is 12.8 Å². The molecule has 0 saturated carbocycles. The Bertz CT molecular complexity index is 847. The second-order valence-electron chi connectivity index (χ2n) is 5.73. The fourth-order valence-corrected chi connectivity index (χ4v) is 4.46. The molecule has 0 bridgehead atoms. The van der Waals surface area contributed by atoms with E-state index in [0.717, 1.165) is 26.1 Å². The van der Waals surface area contributed by atoms with Crippen molar-refractivity contribution in [2.45, 2.75) is 32.5 Å². The Kier molecular flexibility index (Phi) is 3.92. The summed E-state index contributed by atoms with van der Waals surface area (Å²) in [6, 6.07) is 6.40. The Balaban J connectivity index is 1.60. The van der Waals surface area contributed by atoms with E-state index in [-0.39, 0.29) is 0 Å². The summed E-state index contributed by atoms with van der Waals surface area (Å²) in [4.78, 5) is 3.41. The number of nitrogens with one attached hydrogen (secondary N) is 1. The summed E-state index contributed by atoms with van der Waals surface area (Å²) in [5, 5.41) is 6.69. The van der Waals surface area contributed by atoms with Crippen LogP contribution in [0.4, 0.5) is 0 Å². The number of rotatable bonds is 4. The van der Waals surface area contributed by atoms with Gasteiger partial charge in [-0.05, 0) is 35.8 Å².